The molecule has 2 heterocycles. The third-order valence-electron chi connectivity index (χ3n) is 3.98. The Balaban J connectivity index is 1.71. The number of nitrogens with zero attached hydrogens (tertiary/aromatic N) is 4. The van der Waals surface area contributed by atoms with Gasteiger partial charge in [-0.3, -0.25) is 4.99 Å². The lowest BCUT2D eigenvalue weighted by molar-refractivity contribution is 0.457. The van der Waals surface area contributed by atoms with Gasteiger partial charge in [0.1, 0.15) is 6.34 Å². The van der Waals surface area contributed by atoms with Gasteiger partial charge in [0, 0.05) is 12.6 Å². The van der Waals surface area contributed by atoms with Gasteiger partial charge in [-0.05, 0) is 35.6 Å². The number of aliphatic imine (C=N–C) groups is 2. The first kappa shape index (κ1) is 18.6. The van der Waals surface area contributed by atoms with Crippen molar-refractivity contribution in [1.29, 1.82) is 0 Å². The molecule has 0 radical (unpaired) electrons. The minimum absolute atomic E-state index is 0.0829. The summed E-state index contributed by atoms with van der Waals surface area (Å²) in [4.78, 5) is 17.3. The van der Waals surface area contributed by atoms with E-state index in [1.807, 2.05) is 24.3 Å². The monoisotopic (exact) mass is 429 g/mol. The van der Waals surface area contributed by atoms with E-state index in [1.165, 1.54) is 17.7 Å². The number of fused-ring (bicyclic) bond motifs is 1. The fraction of sp³-hybridized carbons (Fsp3) is 0.0526. The minimum Gasteiger partial charge on any atom is -0.492 e. The highest BCUT2D eigenvalue weighted by atomic mass is 35.5. The second-order valence-corrected chi connectivity index (χ2v) is 7.62. The van der Waals surface area contributed by atoms with Crippen LogP contribution in [-0.4, -0.2) is 29.3 Å². The van der Waals surface area contributed by atoms with Crippen LogP contribution in [0.25, 0.3) is 6.08 Å². The van der Waals surface area contributed by atoms with Crippen LogP contribution >= 0.6 is 34.5 Å². The van der Waals surface area contributed by atoms with E-state index in [9.17, 15) is 5.11 Å². The number of thiazole rings is 1. The number of amidine groups is 1. The molecular formula is C19H13Cl2N5OS. The third kappa shape index (κ3) is 3.64. The highest BCUT2D eigenvalue weighted by molar-refractivity contribution is 7.16. The quantitative estimate of drug-likeness (QED) is 0.664. The Kier molecular flexibility index (Phi) is 5.13. The first-order chi connectivity index (χ1) is 13.5. The van der Waals surface area contributed by atoms with Crippen LogP contribution in [0.2, 0.25) is 10.0 Å². The summed E-state index contributed by atoms with van der Waals surface area (Å²) in [5, 5.41) is 16.4. The molecule has 0 saturated heterocycles. The van der Waals surface area contributed by atoms with Crippen molar-refractivity contribution in [2.75, 3.05) is 12.4 Å². The van der Waals surface area contributed by atoms with Crippen molar-refractivity contribution in [3.05, 3.63) is 67.5 Å². The van der Waals surface area contributed by atoms with Crippen molar-refractivity contribution in [2.45, 2.75) is 0 Å². The first-order valence-corrected chi connectivity index (χ1v) is 9.72. The summed E-state index contributed by atoms with van der Waals surface area (Å²) in [6, 6.07) is 10.9. The van der Waals surface area contributed by atoms with E-state index in [1.54, 1.807) is 25.2 Å². The molecule has 2 aromatic carbocycles. The highest BCUT2D eigenvalue weighted by Gasteiger charge is 2.12. The molecule has 1 aromatic heterocycles. The van der Waals surface area contributed by atoms with Crippen LogP contribution in [0.1, 0.15) is 10.4 Å². The summed E-state index contributed by atoms with van der Waals surface area (Å²) < 4.78 is 0. The lowest BCUT2D eigenvalue weighted by Crippen LogP contribution is -2.22. The van der Waals surface area contributed by atoms with Gasteiger partial charge in [0.05, 0.1) is 26.0 Å². The lowest BCUT2D eigenvalue weighted by Gasteiger charge is -2.06. The number of nitrogens with one attached hydrogen (secondary N) is 1. The number of hydrogen-bond acceptors (Lipinski definition) is 6. The van der Waals surface area contributed by atoms with E-state index < -0.39 is 0 Å². The summed E-state index contributed by atoms with van der Waals surface area (Å²) in [7, 11) is 1.69. The van der Waals surface area contributed by atoms with Gasteiger partial charge in [0.2, 0.25) is 5.88 Å². The second-order valence-electron chi connectivity index (χ2n) is 5.77. The van der Waals surface area contributed by atoms with Crippen molar-refractivity contribution in [3.63, 3.8) is 0 Å². The van der Waals surface area contributed by atoms with Gasteiger partial charge < -0.3 is 10.4 Å². The Hall–Kier alpha value is -2.74. The van der Waals surface area contributed by atoms with E-state index in [-0.39, 0.29) is 5.88 Å². The number of aromatic nitrogens is 1. The van der Waals surface area contributed by atoms with E-state index in [0.29, 0.717) is 31.6 Å². The van der Waals surface area contributed by atoms with Crippen LogP contribution in [0, 0.1) is 0 Å². The topological polar surface area (TPSA) is 82.2 Å². The molecule has 6 nitrogen and oxygen atoms in total. The van der Waals surface area contributed by atoms with Crippen LogP contribution in [-0.2, 0) is 0 Å². The predicted octanol–water partition coefficient (Wildman–Crippen LogP) is 3.77. The number of rotatable bonds is 3. The van der Waals surface area contributed by atoms with E-state index in [0.717, 1.165) is 16.1 Å². The molecule has 0 amide bonds. The molecule has 1 aliphatic rings. The molecule has 0 bridgehead atoms. The fourth-order valence-electron chi connectivity index (χ4n) is 2.68. The van der Waals surface area contributed by atoms with Gasteiger partial charge in [-0.2, -0.15) is 4.98 Å². The van der Waals surface area contributed by atoms with Crippen molar-refractivity contribution in [3.8, 4) is 5.88 Å². The highest BCUT2D eigenvalue weighted by Crippen LogP contribution is 2.36. The zero-order valence-electron chi connectivity index (χ0n) is 14.5. The van der Waals surface area contributed by atoms with Gasteiger partial charge >= 0.3 is 0 Å². The summed E-state index contributed by atoms with van der Waals surface area (Å²) in [5.41, 5.74) is 1.38. The number of para-hydroxylation sites is 1. The largest absolute Gasteiger partial charge is 0.492 e. The maximum atomic E-state index is 10.2. The number of halogens is 2. The van der Waals surface area contributed by atoms with Gasteiger partial charge in [-0.1, -0.05) is 46.7 Å². The number of aromatic hydroxyl groups is 1. The van der Waals surface area contributed by atoms with Crippen LogP contribution in [0.5, 0.6) is 5.88 Å². The average Bonchev–Trinajstić information content (AvgIpc) is 3.03. The molecule has 0 aliphatic carbocycles. The summed E-state index contributed by atoms with van der Waals surface area (Å²) in [6.45, 7) is 0. The number of anilines is 2. The fourth-order valence-corrected chi connectivity index (χ4v) is 3.99. The second kappa shape index (κ2) is 7.71. The number of benzene rings is 2. The molecule has 140 valence electrons. The smallest absolute Gasteiger partial charge is 0.231 e. The van der Waals surface area contributed by atoms with Gasteiger partial charge in [-0.25, -0.2) is 9.98 Å². The molecule has 0 unspecified atom stereocenters. The Bertz CT molecular complexity index is 1230. The molecule has 1 aliphatic heterocycles. The van der Waals surface area contributed by atoms with Gasteiger partial charge in [-0.15, -0.1) is 0 Å². The van der Waals surface area contributed by atoms with Crippen LogP contribution in [0.15, 0.2) is 51.4 Å². The van der Waals surface area contributed by atoms with Crippen LogP contribution in [0.3, 0.4) is 0 Å². The zero-order valence-corrected chi connectivity index (χ0v) is 16.8. The molecule has 0 fully saturated rings. The SMILES string of the molecule is CN=C1N=CN=c2ccc(=Cc3sc(Nc4c(Cl)cccc4Cl)nc3O)cc21. The summed E-state index contributed by atoms with van der Waals surface area (Å²) in [6.07, 6.45) is 3.32. The van der Waals surface area contributed by atoms with Crippen molar-refractivity contribution < 1.29 is 5.11 Å². The average molecular weight is 430 g/mol. The van der Waals surface area contributed by atoms with Crippen molar-refractivity contribution >= 4 is 63.6 Å². The van der Waals surface area contributed by atoms with Gasteiger partial charge in [0.15, 0.2) is 11.0 Å². The molecule has 0 atom stereocenters. The molecule has 28 heavy (non-hydrogen) atoms. The van der Waals surface area contributed by atoms with E-state index in [4.69, 9.17) is 23.2 Å². The van der Waals surface area contributed by atoms with Crippen LogP contribution in [0.4, 0.5) is 10.8 Å². The summed E-state index contributed by atoms with van der Waals surface area (Å²) in [5.74, 6) is 0.532. The molecule has 0 spiro atoms. The Morgan fingerprint density at radius 2 is 1.96 bits per heavy atom. The summed E-state index contributed by atoms with van der Waals surface area (Å²) >= 11 is 13.6. The van der Waals surface area contributed by atoms with Gasteiger partial charge in [0.25, 0.3) is 0 Å². The third-order valence-corrected chi connectivity index (χ3v) is 5.51. The van der Waals surface area contributed by atoms with Crippen molar-refractivity contribution in [1.82, 2.24) is 4.98 Å². The maximum Gasteiger partial charge on any atom is 0.231 e. The maximum absolute atomic E-state index is 10.2. The standard InChI is InChI=1S/C19H13Cl2N5OS/c1-22-17-11-7-10(5-6-14(11)23-9-24-17)8-15-18(27)26-19(28-15)25-16-12(20)3-2-4-13(16)21/h2-9,27H,1H3,(H,25,26). The van der Waals surface area contributed by atoms with Crippen LogP contribution < -0.4 is 15.9 Å². The zero-order chi connectivity index (χ0) is 19.7. The number of hydrogen-bond donors (Lipinski definition) is 2. The molecule has 4 rings (SSSR count). The normalized spacial score (nSPS) is 14.8. The van der Waals surface area contributed by atoms with E-state index >= 15 is 0 Å². The minimum atomic E-state index is -0.0829. The molecule has 3 aromatic rings. The van der Waals surface area contributed by atoms with E-state index in [2.05, 4.69) is 25.3 Å². The molecular weight excluding hydrogens is 417 g/mol. The predicted molar refractivity (Wildman–Crippen MR) is 115 cm³/mol. The molecule has 0 saturated carbocycles. The Morgan fingerprint density at radius 1 is 1.18 bits per heavy atom. The molecule has 9 heteroatoms. The Morgan fingerprint density at radius 3 is 2.71 bits per heavy atom. The first-order valence-electron chi connectivity index (χ1n) is 8.15. The lowest BCUT2D eigenvalue weighted by atomic mass is 10.1. The van der Waals surface area contributed by atoms with Crippen molar-refractivity contribution in [2.24, 2.45) is 15.0 Å². The Labute approximate surface area is 174 Å². The molecule has 2 N–H and O–H groups in total.